The van der Waals surface area contributed by atoms with Gasteiger partial charge in [0.25, 0.3) is 0 Å². The normalized spacial score (nSPS) is 11.7. The molecule has 2 N–H and O–H groups in total. The Morgan fingerprint density at radius 2 is 2.00 bits per heavy atom. The Labute approximate surface area is 81.8 Å². The van der Waals surface area contributed by atoms with Crippen LogP contribution in [0.5, 0.6) is 0 Å². The zero-order chi connectivity index (χ0) is 10.2. The lowest BCUT2D eigenvalue weighted by molar-refractivity contribution is 0.596. The van der Waals surface area contributed by atoms with E-state index in [1.54, 1.807) is 19.9 Å². The largest absolute Gasteiger partial charge is 0.241 e. The number of halogens is 1. The predicted molar refractivity (Wildman–Crippen MR) is 50.1 cm³/mol. The van der Waals surface area contributed by atoms with E-state index in [9.17, 15) is 8.42 Å². The van der Waals surface area contributed by atoms with Crippen molar-refractivity contribution < 1.29 is 8.42 Å². The SMILES string of the molecule is Cc1cc(C)c(S(N)(=O)=O)c(Cl)n1. The van der Waals surface area contributed by atoms with E-state index in [1.807, 2.05) is 0 Å². The molecule has 0 atom stereocenters. The first-order valence-corrected chi connectivity index (χ1v) is 5.41. The highest BCUT2D eigenvalue weighted by Gasteiger charge is 2.17. The van der Waals surface area contributed by atoms with Gasteiger partial charge in [-0.05, 0) is 25.5 Å². The standard InChI is InChI=1S/C7H9ClN2O2S/c1-4-3-5(2)10-7(8)6(4)13(9,11)12/h3H,1-2H3,(H2,9,11,12). The van der Waals surface area contributed by atoms with Gasteiger partial charge in [0.15, 0.2) is 0 Å². The average Bonchev–Trinajstić information content (AvgIpc) is 1.78. The molecule has 0 aliphatic heterocycles. The maximum Gasteiger partial charge on any atom is 0.241 e. The van der Waals surface area contributed by atoms with Gasteiger partial charge < -0.3 is 0 Å². The van der Waals surface area contributed by atoms with Crippen LogP contribution in [-0.4, -0.2) is 13.4 Å². The fourth-order valence-electron chi connectivity index (χ4n) is 1.12. The van der Waals surface area contributed by atoms with Crippen molar-refractivity contribution in [2.24, 2.45) is 5.14 Å². The Balaban J connectivity index is 3.57. The zero-order valence-corrected chi connectivity index (χ0v) is 8.78. The van der Waals surface area contributed by atoms with E-state index in [4.69, 9.17) is 16.7 Å². The van der Waals surface area contributed by atoms with Crippen molar-refractivity contribution >= 4 is 21.6 Å². The van der Waals surface area contributed by atoms with E-state index in [0.717, 1.165) is 0 Å². The van der Waals surface area contributed by atoms with Gasteiger partial charge in [0.2, 0.25) is 10.0 Å². The summed E-state index contributed by atoms with van der Waals surface area (Å²) in [6.07, 6.45) is 0. The Hall–Kier alpha value is -0.650. The molecule has 0 aliphatic carbocycles. The van der Waals surface area contributed by atoms with E-state index < -0.39 is 10.0 Å². The van der Waals surface area contributed by atoms with Crippen LogP contribution in [0.1, 0.15) is 11.3 Å². The van der Waals surface area contributed by atoms with Crippen LogP contribution in [0.15, 0.2) is 11.0 Å². The monoisotopic (exact) mass is 220 g/mol. The molecule has 0 amide bonds. The number of rotatable bonds is 1. The highest BCUT2D eigenvalue weighted by molar-refractivity contribution is 7.89. The number of aromatic nitrogens is 1. The quantitative estimate of drug-likeness (QED) is 0.718. The molecular formula is C7H9ClN2O2S. The fraction of sp³-hybridized carbons (Fsp3) is 0.286. The van der Waals surface area contributed by atoms with Gasteiger partial charge in [-0.2, -0.15) is 0 Å². The van der Waals surface area contributed by atoms with Crippen molar-refractivity contribution in [2.75, 3.05) is 0 Å². The minimum Gasteiger partial charge on any atom is -0.240 e. The van der Waals surface area contributed by atoms with Crippen LogP contribution >= 0.6 is 11.6 Å². The second kappa shape index (κ2) is 3.25. The van der Waals surface area contributed by atoms with Crippen molar-refractivity contribution in [1.82, 2.24) is 4.98 Å². The van der Waals surface area contributed by atoms with Crippen molar-refractivity contribution in [3.63, 3.8) is 0 Å². The number of hydrogen-bond donors (Lipinski definition) is 1. The first-order chi connectivity index (χ1) is 5.82. The number of hydrogen-bond acceptors (Lipinski definition) is 3. The maximum atomic E-state index is 11.0. The number of nitrogens with zero attached hydrogens (tertiary/aromatic N) is 1. The second-order valence-electron chi connectivity index (χ2n) is 2.75. The topological polar surface area (TPSA) is 73.1 Å². The summed E-state index contributed by atoms with van der Waals surface area (Å²) in [4.78, 5) is 3.71. The van der Waals surface area contributed by atoms with E-state index in [-0.39, 0.29) is 10.0 Å². The molecule has 1 aromatic rings. The van der Waals surface area contributed by atoms with Gasteiger partial charge in [0.05, 0.1) is 0 Å². The molecule has 0 radical (unpaired) electrons. The van der Waals surface area contributed by atoms with Crippen molar-refractivity contribution in [1.29, 1.82) is 0 Å². The molecule has 1 heterocycles. The molecule has 4 nitrogen and oxygen atoms in total. The number of pyridine rings is 1. The molecule has 0 saturated carbocycles. The Morgan fingerprint density at radius 1 is 1.46 bits per heavy atom. The van der Waals surface area contributed by atoms with Crippen molar-refractivity contribution in [3.05, 3.63) is 22.5 Å². The van der Waals surface area contributed by atoms with Crippen LogP contribution in [-0.2, 0) is 10.0 Å². The summed E-state index contributed by atoms with van der Waals surface area (Å²) in [5.41, 5.74) is 1.18. The highest BCUT2D eigenvalue weighted by atomic mass is 35.5. The van der Waals surface area contributed by atoms with E-state index in [0.29, 0.717) is 11.3 Å². The molecular weight excluding hydrogens is 212 g/mol. The first kappa shape index (κ1) is 10.4. The summed E-state index contributed by atoms with van der Waals surface area (Å²) < 4.78 is 22.1. The highest BCUT2D eigenvalue weighted by Crippen LogP contribution is 2.22. The molecule has 6 heteroatoms. The van der Waals surface area contributed by atoms with Crippen LogP contribution in [0, 0.1) is 13.8 Å². The third-order valence-corrected chi connectivity index (χ3v) is 3.00. The van der Waals surface area contributed by atoms with Gasteiger partial charge in [-0.1, -0.05) is 11.6 Å². The molecule has 0 aromatic carbocycles. The Morgan fingerprint density at radius 3 is 2.38 bits per heavy atom. The smallest absolute Gasteiger partial charge is 0.240 e. The van der Waals surface area contributed by atoms with E-state index in [1.165, 1.54) is 0 Å². The summed E-state index contributed by atoms with van der Waals surface area (Å²) in [6.45, 7) is 3.35. The van der Waals surface area contributed by atoms with E-state index in [2.05, 4.69) is 4.98 Å². The molecule has 1 aromatic heterocycles. The van der Waals surface area contributed by atoms with Gasteiger partial charge in [-0.15, -0.1) is 0 Å². The van der Waals surface area contributed by atoms with Gasteiger partial charge in [-0.25, -0.2) is 18.5 Å². The predicted octanol–water partition coefficient (Wildman–Crippen LogP) is 0.999. The van der Waals surface area contributed by atoms with Gasteiger partial charge in [0.1, 0.15) is 10.0 Å². The zero-order valence-electron chi connectivity index (χ0n) is 7.20. The number of nitrogens with two attached hydrogens (primary N) is 1. The van der Waals surface area contributed by atoms with Gasteiger partial charge in [-0.3, -0.25) is 0 Å². The molecule has 0 spiro atoms. The molecule has 0 aliphatic rings. The van der Waals surface area contributed by atoms with Crippen LogP contribution in [0.2, 0.25) is 5.15 Å². The molecule has 0 fully saturated rings. The average molecular weight is 221 g/mol. The van der Waals surface area contributed by atoms with Crippen LogP contribution in [0.3, 0.4) is 0 Å². The minimum atomic E-state index is -3.78. The van der Waals surface area contributed by atoms with Crippen molar-refractivity contribution in [2.45, 2.75) is 18.7 Å². The Bertz CT molecular complexity index is 419. The summed E-state index contributed by atoms with van der Waals surface area (Å²) in [6, 6.07) is 1.62. The maximum absolute atomic E-state index is 11.0. The number of sulfonamides is 1. The molecule has 13 heavy (non-hydrogen) atoms. The Kier molecular flexibility index (Phi) is 2.61. The van der Waals surface area contributed by atoms with E-state index >= 15 is 0 Å². The first-order valence-electron chi connectivity index (χ1n) is 3.49. The molecule has 0 unspecified atom stereocenters. The fourth-order valence-corrected chi connectivity index (χ4v) is 2.51. The third kappa shape index (κ3) is 2.18. The number of aryl methyl sites for hydroxylation is 2. The lowest BCUT2D eigenvalue weighted by Crippen LogP contribution is -2.15. The van der Waals surface area contributed by atoms with Crippen molar-refractivity contribution in [3.8, 4) is 0 Å². The van der Waals surface area contributed by atoms with Crippen LogP contribution in [0.25, 0.3) is 0 Å². The summed E-state index contributed by atoms with van der Waals surface area (Å²) in [5, 5.41) is 4.89. The molecule has 0 saturated heterocycles. The van der Waals surface area contributed by atoms with Gasteiger partial charge in [0, 0.05) is 5.69 Å². The number of primary sulfonamides is 1. The summed E-state index contributed by atoms with van der Waals surface area (Å²) in [5.74, 6) is 0. The van der Waals surface area contributed by atoms with Crippen LogP contribution < -0.4 is 5.14 Å². The lowest BCUT2D eigenvalue weighted by atomic mass is 10.2. The van der Waals surface area contributed by atoms with Crippen LogP contribution in [0.4, 0.5) is 0 Å². The minimum absolute atomic E-state index is 0.0694. The van der Waals surface area contributed by atoms with Gasteiger partial charge >= 0.3 is 0 Å². The lowest BCUT2D eigenvalue weighted by Gasteiger charge is -2.05. The summed E-state index contributed by atoms with van der Waals surface area (Å²) in [7, 11) is -3.78. The molecule has 72 valence electrons. The summed E-state index contributed by atoms with van der Waals surface area (Å²) >= 11 is 5.65. The third-order valence-electron chi connectivity index (χ3n) is 1.53. The second-order valence-corrected chi connectivity index (χ2v) is 4.60. The molecule has 1 rings (SSSR count). The molecule has 0 bridgehead atoms.